The van der Waals surface area contributed by atoms with E-state index < -0.39 is 6.10 Å². The normalized spacial score (nSPS) is 13.0. The third-order valence-electron chi connectivity index (χ3n) is 13.8. The largest absolute Gasteiger partial charge is 0.462 e. The molecule has 0 fully saturated rings. The number of hydrogen-bond acceptors (Lipinski definition) is 5. The van der Waals surface area contributed by atoms with E-state index in [0.29, 0.717) is 12.8 Å². The van der Waals surface area contributed by atoms with Crippen LogP contribution < -0.4 is 0 Å². The van der Waals surface area contributed by atoms with E-state index in [9.17, 15) is 14.7 Å². The number of carbonyl (C=O) groups excluding carboxylic acids is 2. The van der Waals surface area contributed by atoms with Crippen LogP contribution >= 0.6 is 0 Å². The molecule has 0 aromatic carbocycles. The van der Waals surface area contributed by atoms with Gasteiger partial charge in [-0.15, -0.1) is 0 Å². The molecule has 0 spiro atoms. The smallest absolute Gasteiger partial charge is 0.306 e. The highest BCUT2D eigenvalue weighted by Gasteiger charge is 2.16. The summed E-state index contributed by atoms with van der Waals surface area (Å²) >= 11 is 0. The fourth-order valence-corrected chi connectivity index (χ4v) is 9.00. The van der Waals surface area contributed by atoms with Crippen molar-refractivity contribution >= 4 is 11.9 Å². The van der Waals surface area contributed by atoms with Gasteiger partial charge in [-0.2, -0.15) is 0 Å². The van der Waals surface area contributed by atoms with Gasteiger partial charge in [-0.1, -0.05) is 315 Å². The van der Waals surface area contributed by atoms with Crippen molar-refractivity contribution in [2.45, 2.75) is 302 Å². The maximum Gasteiger partial charge on any atom is 0.306 e. The molecule has 0 aliphatic rings. The molecule has 0 amide bonds. The highest BCUT2D eigenvalue weighted by atomic mass is 16.6. The van der Waals surface area contributed by atoms with Gasteiger partial charge in [0.05, 0.1) is 6.61 Å². The number of rotatable bonds is 58. The van der Waals surface area contributed by atoms with Gasteiger partial charge in [0.15, 0.2) is 6.10 Å². The lowest BCUT2D eigenvalue weighted by Gasteiger charge is -2.15. The minimum absolute atomic E-state index is 0.0751. The summed E-state index contributed by atoms with van der Waals surface area (Å²) in [7, 11) is 0. The van der Waals surface area contributed by atoms with Crippen LogP contribution in [0.2, 0.25) is 0 Å². The fourth-order valence-electron chi connectivity index (χ4n) is 9.00. The van der Waals surface area contributed by atoms with Crippen molar-refractivity contribution in [2.75, 3.05) is 13.2 Å². The molecule has 0 heterocycles. The third-order valence-corrected chi connectivity index (χ3v) is 13.8. The highest BCUT2D eigenvalue weighted by Crippen LogP contribution is 2.17. The lowest BCUT2D eigenvalue weighted by atomic mass is 10.0. The molecule has 0 bridgehead atoms. The maximum atomic E-state index is 12.3. The molecule has 76 heavy (non-hydrogen) atoms. The second-order valence-electron chi connectivity index (χ2n) is 21.1. The molecular weight excluding hydrogens is 933 g/mol. The second-order valence-corrected chi connectivity index (χ2v) is 21.1. The second kappa shape index (κ2) is 65.6. The first-order valence-corrected chi connectivity index (χ1v) is 32.1. The van der Waals surface area contributed by atoms with Crippen molar-refractivity contribution in [3.8, 4) is 0 Å². The predicted molar refractivity (Wildman–Crippen MR) is 334 cm³/mol. The minimum Gasteiger partial charge on any atom is -0.462 e. The van der Waals surface area contributed by atoms with Gasteiger partial charge in [0.25, 0.3) is 0 Å². The molecule has 0 aliphatic carbocycles. The van der Waals surface area contributed by atoms with Crippen LogP contribution in [0.25, 0.3) is 0 Å². The van der Waals surface area contributed by atoms with Gasteiger partial charge in [-0.3, -0.25) is 9.59 Å². The van der Waals surface area contributed by atoms with E-state index in [1.54, 1.807) is 0 Å². The molecule has 0 aliphatic heterocycles. The zero-order chi connectivity index (χ0) is 54.8. The summed E-state index contributed by atoms with van der Waals surface area (Å²) in [6, 6.07) is 0. The number of carbonyl (C=O) groups is 2. The van der Waals surface area contributed by atoms with Gasteiger partial charge in [-0.05, 0) is 89.9 Å². The SMILES string of the molecule is CC/C=C\C/C=C\C/C=C\C/C=C\C/C=C\C/C=C\C/C=C\C/C=C\C/C=C\C/C=C\CCCCCCCCC(=O)OC(CO)COC(=O)CCCCCCCCCCCCCCCCCCCCCCCCCCC. The van der Waals surface area contributed by atoms with Crippen molar-refractivity contribution < 1.29 is 24.2 Å². The average molecular weight is 1050 g/mol. The molecule has 0 saturated carbocycles. The quantitative estimate of drug-likeness (QED) is 0.0373. The Hall–Kier alpha value is -3.70. The predicted octanol–water partition coefficient (Wildman–Crippen LogP) is 22.2. The Labute approximate surface area is 471 Å². The summed E-state index contributed by atoms with van der Waals surface area (Å²) in [6.07, 6.45) is 96.2. The molecule has 0 rings (SSSR count). The molecule has 0 aromatic rings. The zero-order valence-corrected chi connectivity index (χ0v) is 49.7. The summed E-state index contributed by atoms with van der Waals surface area (Å²) in [5.74, 6) is -0.603. The number of esters is 2. The van der Waals surface area contributed by atoms with E-state index in [1.807, 2.05) is 0 Å². The van der Waals surface area contributed by atoms with Crippen LogP contribution in [0, 0.1) is 0 Å². The highest BCUT2D eigenvalue weighted by molar-refractivity contribution is 5.70. The molecule has 0 aromatic heterocycles. The lowest BCUT2D eigenvalue weighted by Crippen LogP contribution is -2.28. The van der Waals surface area contributed by atoms with E-state index in [1.165, 1.54) is 161 Å². The average Bonchev–Trinajstić information content (AvgIpc) is 3.42. The Morgan fingerprint density at radius 2 is 0.566 bits per heavy atom. The number of allylic oxidation sites excluding steroid dienone is 20. The van der Waals surface area contributed by atoms with E-state index in [-0.39, 0.29) is 25.2 Å². The van der Waals surface area contributed by atoms with Crippen molar-refractivity contribution in [1.29, 1.82) is 0 Å². The van der Waals surface area contributed by atoms with Crippen LogP contribution in [0.5, 0.6) is 0 Å². The van der Waals surface area contributed by atoms with Crippen LogP contribution in [0.1, 0.15) is 296 Å². The van der Waals surface area contributed by atoms with Gasteiger partial charge < -0.3 is 14.6 Å². The van der Waals surface area contributed by atoms with Crippen LogP contribution in [-0.2, 0) is 19.1 Å². The van der Waals surface area contributed by atoms with Crippen molar-refractivity contribution in [1.82, 2.24) is 0 Å². The topological polar surface area (TPSA) is 72.8 Å². The standard InChI is InChI=1S/C71H120O5/c1-3-5-7-9-11-13-15-17-19-21-23-25-27-29-30-31-32-33-34-35-36-37-38-39-40-42-44-46-48-50-52-54-56-58-60-62-64-66-71(74)76-69(67-72)68-75-70(73)65-63-61-59-57-55-53-51-49-47-45-43-41-28-26-24-22-20-18-16-14-12-10-8-6-4-2/h5,7,11,13,17,19,23,25,29-30,32-33,35-36,38-39,42,44,48,50,69,72H,3-4,6,8-10,12,14-16,18,20-22,24,26-28,31,34,37,40-41,43,45-47,49,51-68H2,1-2H3/b7-5-,13-11-,19-17-,25-23-,30-29-,33-32-,36-35-,39-38-,44-42-,50-48-. The maximum absolute atomic E-state index is 12.3. The van der Waals surface area contributed by atoms with Gasteiger partial charge in [0.1, 0.15) is 6.61 Å². The number of aliphatic hydroxyl groups excluding tert-OH is 1. The summed E-state index contributed by atoms with van der Waals surface area (Å²) < 4.78 is 10.7. The number of ether oxygens (including phenoxy) is 2. The van der Waals surface area contributed by atoms with Gasteiger partial charge in [0.2, 0.25) is 0 Å². The van der Waals surface area contributed by atoms with Gasteiger partial charge in [0, 0.05) is 12.8 Å². The molecule has 1 atom stereocenters. The van der Waals surface area contributed by atoms with E-state index in [2.05, 4.69) is 135 Å². The molecule has 1 N–H and O–H groups in total. The van der Waals surface area contributed by atoms with Gasteiger partial charge in [-0.25, -0.2) is 0 Å². The molecule has 1 unspecified atom stereocenters. The van der Waals surface area contributed by atoms with Crippen molar-refractivity contribution in [3.63, 3.8) is 0 Å². The Morgan fingerprint density at radius 3 is 0.855 bits per heavy atom. The summed E-state index contributed by atoms with van der Waals surface area (Å²) in [4.78, 5) is 24.6. The first-order valence-electron chi connectivity index (χ1n) is 32.1. The van der Waals surface area contributed by atoms with E-state index in [4.69, 9.17) is 9.47 Å². The minimum atomic E-state index is -0.787. The summed E-state index contributed by atoms with van der Waals surface area (Å²) in [6.45, 7) is 4.04. The Balaban J connectivity index is 3.57. The van der Waals surface area contributed by atoms with E-state index in [0.717, 1.165) is 109 Å². The van der Waals surface area contributed by atoms with Crippen LogP contribution in [0.15, 0.2) is 122 Å². The first-order chi connectivity index (χ1) is 37.6. The molecule has 5 nitrogen and oxygen atoms in total. The van der Waals surface area contributed by atoms with Gasteiger partial charge >= 0.3 is 11.9 Å². The van der Waals surface area contributed by atoms with Crippen LogP contribution in [-0.4, -0.2) is 36.4 Å². The first kappa shape index (κ1) is 72.3. The Morgan fingerprint density at radius 1 is 0.316 bits per heavy atom. The zero-order valence-electron chi connectivity index (χ0n) is 49.7. The molecular formula is C71H120O5. The van der Waals surface area contributed by atoms with Crippen LogP contribution in [0.3, 0.4) is 0 Å². The Bertz CT molecular complexity index is 1520. The monoisotopic (exact) mass is 1050 g/mol. The molecule has 5 heteroatoms. The number of hydrogen-bond donors (Lipinski definition) is 1. The Kier molecular flexibility index (Phi) is 62.4. The van der Waals surface area contributed by atoms with Crippen LogP contribution in [0.4, 0.5) is 0 Å². The van der Waals surface area contributed by atoms with Crippen molar-refractivity contribution in [3.05, 3.63) is 122 Å². The number of aliphatic hydroxyl groups is 1. The fraction of sp³-hybridized carbons (Fsp3) is 0.690. The third kappa shape index (κ3) is 62.8. The molecule has 434 valence electrons. The van der Waals surface area contributed by atoms with Crippen molar-refractivity contribution in [2.24, 2.45) is 0 Å². The number of unbranched alkanes of at least 4 members (excludes halogenated alkanes) is 30. The van der Waals surface area contributed by atoms with E-state index >= 15 is 0 Å². The lowest BCUT2D eigenvalue weighted by molar-refractivity contribution is -0.161. The summed E-state index contributed by atoms with van der Waals surface area (Å²) in [5, 5.41) is 9.68. The molecule has 0 saturated heterocycles. The molecule has 0 radical (unpaired) electrons. The summed E-state index contributed by atoms with van der Waals surface area (Å²) in [5.41, 5.74) is 0.